The van der Waals surface area contributed by atoms with Crippen LogP contribution >= 0.6 is 0 Å². The summed E-state index contributed by atoms with van der Waals surface area (Å²) in [5.41, 5.74) is 0.172. The Morgan fingerprint density at radius 1 is 1.08 bits per heavy atom. The van der Waals surface area contributed by atoms with Crippen LogP contribution in [-0.2, 0) is 9.47 Å². The summed E-state index contributed by atoms with van der Waals surface area (Å²) < 4.78 is 10.4. The number of aromatic nitrogens is 1. The molecule has 0 radical (unpaired) electrons. The van der Waals surface area contributed by atoms with Gasteiger partial charge in [-0.3, -0.25) is 10.1 Å². The molecule has 8 nitrogen and oxygen atoms in total. The Labute approximate surface area is 150 Å². The minimum absolute atomic E-state index is 0.0434. The second-order valence-electron chi connectivity index (χ2n) is 5.84. The van der Waals surface area contributed by atoms with Crippen LogP contribution in [0.1, 0.15) is 60.4 Å². The molecule has 1 N–H and O–H groups in total. The van der Waals surface area contributed by atoms with Crippen molar-refractivity contribution in [2.24, 2.45) is 0 Å². The van der Waals surface area contributed by atoms with Crippen molar-refractivity contribution in [2.75, 3.05) is 13.2 Å². The monoisotopic (exact) mass is 362 g/mol. The van der Waals surface area contributed by atoms with Gasteiger partial charge in [0.1, 0.15) is 5.69 Å². The lowest BCUT2D eigenvalue weighted by molar-refractivity contribution is -0.384. The fraction of sp³-hybridized carbons (Fsp3) is 0.444. The summed E-state index contributed by atoms with van der Waals surface area (Å²) in [4.78, 5) is 38.0. The number of nitrogens with zero attached hydrogens (tertiary/aromatic N) is 1. The summed E-state index contributed by atoms with van der Waals surface area (Å²) in [6.07, 6.45) is 3.13. The Kier molecular flexibility index (Phi) is 6.71. The first-order valence-corrected chi connectivity index (χ1v) is 8.63. The summed E-state index contributed by atoms with van der Waals surface area (Å²) in [5, 5.41) is 11.3. The Bertz CT molecular complexity index is 811. The van der Waals surface area contributed by atoms with E-state index in [0.717, 1.165) is 12.8 Å². The van der Waals surface area contributed by atoms with E-state index in [0.29, 0.717) is 23.7 Å². The molecular weight excluding hydrogens is 340 g/mol. The van der Waals surface area contributed by atoms with E-state index in [-0.39, 0.29) is 30.2 Å². The van der Waals surface area contributed by atoms with Crippen LogP contribution in [-0.4, -0.2) is 35.1 Å². The topological polar surface area (TPSA) is 112 Å². The average Bonchev–Trinajstić information content (AvgIpc) is 3.00. The van der Waals surface area contributed by atoms with Gasteiger partial charge < -0.3 is 14.5 Å². The highest BCUT2D eigenvalue weighted by Crippen LogP contribution is 2.27. The molecule has 1 heterocycles. The van der Waals surface area contributed by atoms with Crippen molar-refractivity contribution in [1.82, 2.24) is 4.98 Å². The largest absolute Gasteiger partial charge is 0.462 e. The number of unbranched alkanes of at least 4 members (excludes halogenated alkanes) is 2. The highest BCUT2D eigenvalue weighted by atomic mass is 16.6. The number of carbonyl (C=O) groups excluding carboxylic acids is 2. The van der Waals surface area contributed by atoms with Crippen molar-refractivity contribution in [1.29, 1.82) is 0 Å². The molecule has 140 valence electrons. The smallest absolute Gasteiger partial charge is 0.355 e. The van der Waals surface area contributed by atoms with E-state index in [4.69, 9.17) is 9.47 Å². The summed E-state index contributed by atoms with van der Waals surface area (Å²) in [6.45, 7) is 4.40. The first kappa shape index (κ1) is 19.4. The van der Waals surface area contributed by atoms with Gasteiger partial charge in [-0.25, -0.2) is 9.59 Å². The van der Waals surface area contributed by atoms with Gasteiger partial charge in [0.2, 0.25) is 0 Å². The number of aromatic amines is 1. The zero-order valence-corrected chi connectivity index (χ0v) is 14.9. The van der Waals surface area contributed by atoms with Crippen molar-refractivity contribution in [3.63, 3.8) is 0 Å². The van der Waals surface area contributed by atoms with Gasteiger partial charge in [-0.2, -0.15) is 0 Å². The predicted octanol–water partition coefficient (Wildman–Crippen LogP) is 3.99. The van der Waals surface area contributed by atoms with E-state index >= 15 is 0 Å². The molecule has 0 aliphatic rings. The maximum atomic E-state index is 12.5. The first-order chi connectivity index (χ1) is 12.5. The molecule has 1 aromatic heterocycles. The minimum Gasteiger partial charge on any atom is -0.462 e. The van der Waals surface area contributed by atoms with Crippen molar-refractivity contribution in [3.05, 3.63) is 39.6 Å². The molecule has 0 atom stereocenters. The molecule has 0 amide bonds. The molecule has 0 aliphatic heterocycles. The Hall–Kier alpha value is -2.90. The number of fused-ring (bicyclic) bond motifs is 1. The fourth-order valence-electron chi connectivity index (χ4n) is 2.43. The van der Waals surface area contributed by atoms with E-state index in [1.54, 1.807) is 0 Å². The normalized spacial score (nSPS) is 10.7. The number of rotatable bonds is 9. The number of non-ortho nitro benzene ring substituents is 1. The molecule has 0 fully saturated rings. The van der Waals surface area contributed by atoms with Gasteiger partial charge in [-0.1, -0.05) is 26.7 Å². The van der Waals surface area contributed by atoms with Crippen molar-refractivity contribution >= 4 is 28.5 Å². The van der Waals surface area contributed by atoms with E-state index in [9.17, 15) is 19.7 Å². The quantitative estimate of drug-likeness (QED) is 0.312. The van der Waals surface area contributed by atoms with Crippen LogP contribution in [0.5, 0.6) is 0 Å². The Balaban J connectivity index is 2.42. The standard InChI is InChI=1S/C18H22N2O6/c1-3-5-9-25-17(21)15-13-8-7-12(20(23)24)11-14(13)19-16(15)18(22)26-10-6-4-2/h7-8,11,19H,3-6,9-10H2,1-2H3. The van der Waals surface area contributed by atoms with Crippen LogP contribution in [0.25, 0.3) is 10.9 Å². The van der Waals surface area contributed by atoms with Crippen LogP contribution in [0.4, 0.5) is 5.69 Å². The zero-order valence-electron chi connectivity index (χ0n) is 14.9. The molecule has 0 saturated heterocycles. The van der Waals surface area contributed by atoms with Gasteiger partial charge in [0.15, 0.2) is 0 Å². The number of hydrogen-bond acceptors (Lipinski definition) is 6. The number of nitro benzene ring substituents is 1. The van der Waals surface area contributed by atoms with Crippen molar-refractivity contribution in [2.45, 2.75) is 39.5 Å². The molecule has 0 saturated carbocycles. The molecule has 2 rings (SSSR count). The van der Waals surface area contributed by atoms with Gasteiger partial charge >= 0.3 is 11.9 Å². The second kappa shape index (κ2) is 8.98. The minimum atomic E-state index is -0.681. The zero-order chi connectivity index (χ0) is 19.1. The lowest BCUT2D eigenvalue weighted by Crippen LogP contribution is -2.14. The lowest BCUT2D eigenvalue weighted by Gasteiger charge is -2.06. The van der Waals surface area contributed by atoms with Crippen LogP contribution in [0.3, 0.4) is 0 Å². The Morgan fingerprint density at radius 2 is 1.69 bits per heavy atom. The molecule has 26 heavy (non-hydrogen) atoms. The maximum absolute atomic E-state index is 12.5. The second-order valence-corrected chi connectivity index (χ2v) is 5.84. The van der Waals surface area contributed by atoms with Gasteiger partial charge in [0.05, 0.1) is 29.2 Å². The van der Waals surface area contributed by atoms with E-state index in [1.807, 2.05) is 13.8 Å². The first-order valence-electron chi connectivity index (χ1n) is 8.63. The number of carbonyl (C=O) groups is 2. The summed E-state index contributed by atoms with van der Waals surface area (Å²) in [5.74, 6) is -1.33. The maximum Gasteiger partial charge on any atom is 0.355 e. The number of nitrogens with one attached hydrogen (secondary N) is 1. The highest BCUT2D eigenvalue weighted by molar-refractivity contribution is 6.12. The number of nitro groups is 1. The number of benzene rings is 1. The summed E-state index contributed by atoms with van der Waals surface area (Å²) >= 11 is 0. The third kappa shape index (κ3) is 4.38. The molecule has 8 heteroatoms. The number of H-pyrrole nitrogens is 1. The summed E-state index contributed by atoms with van der Waals surface area (Å²) in [6, 6.07) is 4.00. The third-order valence-electron chi connectivity index (χ3n) is 3.86. The molecule has 2 aromatic rings. The van der Waals surface area contributed by atoms with Gasteiger partial charge in [-0.15, -0.1) is 0 Å². The predicted molar refractivity (Wildman–Crippen MR) is 95.3 cm³/mol. The number of esters is 2. The fourth-order valence-corrected chi connectivity index (χ4v) is 2.43. The molecule has 0 aliphatic carbocycles. The van der Waals surface area contributed by atoms with Gasteiger partial charge in [0, 0.05) is 17.5 Å². The van der Waals surface area contributed by atoms with Crippen molar-refractivity contribution < 1.29 is 24.0 Å². The van der Waals surface area contributed by atoms with Crippen LogP contribution in [0, 0.1) is 10.1 Å². The van der Waals surface area contributed by atoms with E-state index in [1.165, 1.54) is 18.2 Å². The average molecular weight is 362 g/mol. The van der Waals surface area contributed by atoms with Crippen LogP contribution in [0.15, 0.2) is 18.2 Å². The Morgan fingerprint density at radius 3 is 2.27 bits per heavy atom. The van der Waals surface area contributed by atoms with Gasteiger partial charge in [0.25, 0.3) is 5.69 Å². The van der Waals surface area contributed by atoms with E-state index in [2.05, 4.69) is 4.98 Å². The SMILES string of the molecule is CCCCOC(=O)c1[nH]c2cc([N+](=O)[O-])ccc2c1C(=O)OCCCC. The third-order valence-corrected chi connectivity index (χ3v) is 3.86. The number of hydrogen-bond donors (Lipinski definition) is 1. The van der Waals surface area contributed by atoms with Crippen LogP contribution in [0.2, 0.25) is 0 Å². The van der Waals surface area contributed by atoms with Crippen molar-refractivity contribution in [3.8, 4) is 0 Å². The van der Waals surface area contributed by atoms with Crippen LogP contribution < -0.4 is 0 Å². The van der Waals surface area contributed by atoms with E-state index < -0.39 is 16.9 Å². The molecular formula is C18H22N2O6. The molecule has 0 unspecified atom stereocenters. The summed E-state index contributed by atoms with van der Waals surface area (Å²) in [7, 11) is 0. The lowest BCUT2D eigenvalue weighted by atomic mass is 10.1. The molecule has 0 bridgehead atoms. The molecule has 0 spiro atoms. The van der Waals surface area contributed by atoms with Gasteiger partial charge in [-0.05, 0) is 18.9 Å². The number of ether oxygens (including phenoxy) is 2. The molecule has 1 aromatic carbocycles. The highest BCUT2D eigenvalue weighted by Gasteiger charge is 2.26.